The maximum Gasteiger partial charge on any atom is 0.288 e. The van der Waals surface area contributed by atoms with Gasteiger partial charge in [0.25, 0.3) is 11.6 Å². The summed E-state index contributed by atoms with van der Waals surface area (Å²) in [4.78, 5) is 22.7. The minimum Gasteiger partial charge on any atom is -0.346 e. The van der Waals surface area contributed by atoms with Crippen LogP contribution in [0.15, 0.2) is 36.4 Å². The molecular formula is C18H17ClN2O3. The van der Waals surface area contributed by atoms with E-state index in [4.69, 9.17) is 11.6 Å². The summed E-state index contributed by atoms with van der Waals surface area (Å²) in [6.45, 7) is 1.90. The minimum absolute atomic E-state index is 0.0169. The van der Waals surface area contributed by atoms with E-state index in [1.807, 2.05) is 13.0 Å². The highest BCUT2D eigenvalue weighted by atomic mass is 35.5. The fraction of sp³-hybridized carbons (Fsp3) is 0.278. The highest BCUT2D eigenvalue weighted by Crippen LogP contribution is 2.27. The Hall–Kier alpha value is -2.40. The van der Waals surface area contributed by atoms with Crippen molar-refractivity contribution in [2.24, 2.45) is 0 Å². The molecule has 2 aromatic rings. The highest BCUT2D eigenvalue weighted by molar-refractivity contribution is 6.32. The molecular weight excluding hydrogens is 328 g/mol. The molecule has 1 atom stereocenters. The standard InChI is InChI=1S/C18H17ClN2O3/c1-11(13-6-5-12-3-2-4-14(12)9-13)20-18(22)15-7-8-16(19)17(10-15)21(23)24/h5-11H,2-4H2,1H3,(H,20,22). The molecule has 0 aromatic heterocycles. The number of carbonyl (C=O) groups excluding carboxylic acids is 1. The Morgan fingerprint density at radius 2 is 1.96 bits per heavy atom. The lowest BCUT2D eigenvalue weighted by Gasteiger charge is -2.16. The zero-order chi connectivity index (χ0) is 17.3. The predicted molar refractivity (Wildman–Crippen MR) is 92.5 cm³/mol. The van der Waals surface area contributed by atoms with Crippen LogP contribution in [-0.2, 0) is 12.8 Å². The predicted octanol–water partition coefficient (Wildman–Crippen LogP) is 4.23. The Morgan fingerprint density at radius 1 is 1.21 bits per heavy atom. The zero-order valence-corrected chi connectivity index (χ0v) is 14.0. The molecule has 124 valence electrons. The average molecular weight is 345 g/mol. The third kappa shape index (κ3) is 3.26. The molecule has 5 nitrogen and oxygen atoms in total. The van der Waals surface area contributed by atoms with Gasteiger partial charge >= 0.3 is 0 Å². The van der Waals surface area contributed by atoms with Gasteiger partial charge in [0.15, 0.2) is 0 Å². The molecule has 0 saturated heterocycles. The Bertz CT molecular complexity index is 820. The summed E-state index contributed by atoms with van der Waals surface area (Å²) in [6, 6.07) is 10.2. The molecule has 1 N–H and O–H groups in total. The Kier molecular flexibility index (Phi) is 4.53. The molecule has 0 aliphatic heterocycles. The molecule has 1 unspecified atom stereocenters. The first-order valence-electron chi connectivity index (χ1n) is 7.82. The van der Waals surface area contributed by atoms with Crippen molar-refractivity contribution in [3.05, 3.63) is 73.8 Å². The average Bonchev–Trinajstić information content (AvgIpc) is 3.02. The van der Waals surface area contributed by atoms with Crippen LogP contribution in [-0.4, -0.2) is 10.8 Å². The quantitative estimate of drug-likeness (QED) is 0.666. The fourth-order valence-corrected chi connectivity index (χ4v) is 3.20. The van der Waals surface area contributed by atoms with Gasteiger partial charge in [-0.2, -0.15) is 0 Å². The summed E-state index contributed by atoms with van der Waals surface area (Å²) < 4.78 is 0. The highest BCUT2D eigenvalue weighted by Gasteiger charge is 2.19. The van der Waals surface area contributed by atoms with E-state index in [1.54, 1.807) is 0 Å². The van der Waals surface area contributed by atoms with Crippen molar-refractivity contribution in [1.29, 1.82) is 0 Å². The molecule has 2 aromatic carbocycles. The smallest absolute Gasteiger partial charge is 0.288 e. The van der Waals surface area contributed by atoms with Gasteiger partial charge in [-0.05, 0) is 55.0 Å². The number of hydrogen-bond donors (Lipinski definition) is 1. The van der Waals surface area contributed by atoms with E-state index in [0.29, 0.717) is 0 Å². The number of nitrogens with one attached hydrogen (secondary N) is 1. The number of nitrogens with zero attached hydrogens (tertiary/aromatic N) is 1. The first-order valence-corrected chi connectivity index (χ1v) is 8.20. The molecule has 1 aliphatic carbocycles. The van der Waals surface area contributed by atoms with Gasteiger partial charge in [0.2, 0.25) is 0 Å². The summed E-state index contributed by atoms with van der Waals surface area (Å²) in [5.74, 6) is -0.359. The maximum atomic E-state index is 12.4. The van der Waals surface area contributed by atoms with Crippen LogP contribution in [0.5, 0.6) is 0 Å². The van der Waals surface area contributed by atoms with Crippen LogP contribution in [0, 0.1) is 10.1 Å². The fourth-order valence-electron chi connectivity index (χ4n) is 3.02. The first-order chi connectivity index (χ1) is 11.5. The van der Waals surface area contributed by atoms with Gasteiger partial charge in [0.05, 0.1) is 11.0 Å². The van der Waals surface area contributed by atoms with Crippen molar-refractivity contribution < 1.29 is 9.72 Å². The van der Waals surface area contributed by atoms with Crippen molar-refractivity contribution in [1.82, 2.24) is 5.32 Å². The summed E-state index contributed by atoms with van der Waals surface area (Å²) in [7, 11) is 0. The molecule has 0 radical (unpaired) electrons. The number of nitro groups is 1. The minimum atomic E-state index is -0.594. The van der Waals surface area contributed by atoms with E-state index in [2.05, 4.69) is 17.4 Å². The lowest BCUT2D eigenvalue weighted by molar-refractivity contribution is -0.384. The topological polar surface area (TPSA) is 72.2 Å². The Morgan fingerprint density at radius 3 is 2.71 bits per heavy atom. The van der Waals surface area contributed by atoms with Crippen molar-refractivity contribution in [2.45, 2.75) is 32.2 Å². The van der Waals surface area contributed by atoms with Gasteiger partial charge in [-0.1, -0.05) is 29.8 Å². The Balaban J connectivity index is 1.77. The molecule has 0 bridgehead atoms. The third-order valence-electron chi connectivity index (χ3n) is 4.38. The lowest BCUT2D eigenvalue weighted by Crippen LogP contribution is -2.26. The second-order valence-electron chi connectivity index (χ2n) is 6.00. The normalized spacial score (nSPS) is 14.1. The molecule has 0 spiro atoms. The van der Waals surface area contributed by atoms with Crippen LogP contribution >= 0.6 is 11.6 Å². The van der Waals surface area contributed by atoms with Gasteiger partial charge in [0, 0.05) is 11.6 Å². The largest absolute Gasteiger partial charge is 0.346 e. The molecule has 3 rings (SSSR count). The number of fused-ring (bicyclic) bond motifs is 1. The van der Waals surface area contributed by atoms with Crippen LogP contribution in [0.25, 0.3) is 0 Å². The molecule has 6 heteroatoms. The summed E-state index contributed by atoms with van der Waals surface area (Å²) in [6.07, 6.45) is 3.37. The van der Waals surface area contributed by atoms with Crippen molar-refractivity contribution in [3.63, 3.8) is 0 Å². The summed E-state index contributed by atoms with van der Waals surface area (Å²) in [5.41, 5.74) is 3.71. The van der Waals surface area contributed by atoms with Crippen LogP contribution in [0.1, 0.15) is 46.4 Å². The van der Waals surface area contributed by atoms with Gasteiger partial charge in [0.1, 0.15) is 5.02 Å². The third-order valence-corrected chi connectivity index (χ3v) is 4.69. The van der Waals surface area contributed by atoms with E-state index < -0.39 is 4.92 Å². The number of hydrogen-bond acceptors (Lipinski definition) is 3. The number of rotatable bonds is 4. The van der Waals surface area contributed by atoms with Crippen LogP contribution in [0.3, 0.4) is 0 Å². The number of carbonyl (C=O) groups is 1. The van der Waals surface area contributed by atoms with Crippen LogP contribution < -0.4 is 5.32 Å². The van der Waals surface area contributed by atoms with Crippen LogP contribution in [0.2, 0.25) is 5.02 Å². The summed E-state index contributed by atoms with van der Waals surface area (Å²) >= 11 is 5.78. The summed E-state index contributed by atoms with van der Waals surface area (Å²) in [5, 5.41) is 13.8. The number of amides is 1. The Labute approximate surface area is 144 Å². The molecule has 1 amide bonds. The second-order valence-corrected chi connectivity index (χ2v) is 6.41. The number of aryl methyl sites for hydroxylation is 2. The van der Waals surface area contributed by atoms with Gasteiger partial charge in [-0.25, -0.2) is 0 Å². The SMILES string of the molecule is CC(NC(=O)c1ccc(Cl)c([N+](=O)[O-])c1)c1ccc2c(c1)CCC2. The maximum absolute atomic E-state index is 12.4. The van der Waals surface area contributed by atoms with Gasteiger partial charge in [-0.3, -0.25) is 14.9 Å². The van der Waals surface area contributed by atoms with E-state index >= 15 is 0 Å². The van der Waals surface area contributed by atoms with E-state index in [0.717, 1.165) is 18.4 Å². The van der Waals surface area contributed by atoms with E-state index in [-0.39, 0.29) is 28.2 Å². The van der Waals surface area contributed by atoms with Gasteiger partial charge < -0.3 is 5.32 Å². The zero-order valence-electron chi connectivity index (χ0n) is 13.2. The first kappa shape index (κ1) is 16.5. The van der Waals surface area contributed by atoms with E-state index in [9.17, 15) is 14.9 Å². The number of benzene rings is 2. The molecule has 24 heavy (non-hydrogen) atoms. The molecule has 1 aliphatic rings. The molecule has 0 fully saturated rings. The van der Waals surface area contributed by atoms with E-state index in [1.165, 1.54) is 35.7 Å². The number of nitro benzene ring substituents is 1. The van der Waals surface area contributed by atoms with Crippen molar-refractivity contribution in [3.8, 4) is 0 Å². The van der Waals surface area contributed by atoms with Gasteiger partial charge in [-0.15, -0.1) is 0 Å². The molecule has 0 saturated carbocycles. The van der Waals surface area contributed by atoms with Crippen molar-refractivity contribution in [2.75, 3.05) is 0 Å². The molecule has 0 heterocycles. The van der Waals surface area contributed by atoms with Crippen molar-refractivity contribution >= 4 is 23.2 Å². The monoisotopic (exact) mass is 344 g/mol. The lowest BCUT2D eigenvalue weighted by atomic mass is 10.0. The van der Waals surface area contributed by atoms with Crippen LogP contribution in [0.4, 0.5) is 5.69 Å². The second kappa shape index (κ2) is 6.61. The number of halogens is 1.